The summed E-state index contributed by atoms with van der Waals surface area (Å²) in [5, 5.41) is 2.78. The summed E-state index contributed by atoms with van der Waals surface area (Å²) in [6, 6.07) is 1.34. The maximum atomic E-state index is 12.6. The second-order valence-corrected chi connectivity index (χ2v) is 7.99. The first-order valence-corrected chi connectivity index (χ1v) is 9.39. The molecule has 0 unspecified atom stereocenters. The molecular formula is C15H22N2O5S. The van der Waals surface area contributed by atoms with Gasteiger partial charge >= 0.3 is 0 Å². The predicted octanol–water partition coefficient (Wildman–Crippen LogP) is 1.14. The van der Waals surface area contributed by atoms with Gasteiger partial charge in [-0.25, -0.2) is 8.42 Å². The molecule has 2 aliphatic heterocycles. The third-order valence-electron chi connectivity index (χ3n) is 4.35. The third-order valence-corrected chi connectivity index (χ3v) is 6.36. The topological polar surface area (TPSA) is 88.8 Å². The molecule has 1 amide bonds. The molecule has 0 saturated carbocycles. The fourth-order valence-electron chi connectivity index (χ4n) is 2.97. The summed E-state index contributed by atoms with van der Waals surface area (Å²) in [4.78, 5) is 12.3. The molecule has 2 saturated heterocycles. The van der Waals surface area contributed by atoms with Gasteiger partial charge in [-0.15, -0.1) is 0 Å². The lowest BCUT2D eigenvalue weighted by Crippen LogP contribution is -2.29. The van der Waals surface area contributed by atoms with Crippen LogP contribution in [0.5, 0.6) is 0 Å². The van der Waals surface area contributed by atoms with Gasteiger partial charge in [0, 0.05) is 38.2 Å². The lowest BCUT2D eigenvalue weighted by molar-refractivity contribution is 0.0916. The molecule has 1 aromatic rings. The minimum atomic E-state index is -3.57. The zero-order valence-corrected chi connectivity index (χ0v) is 14.0. The largest absolute Gasteiger partial charge is 0.455 e. The summed E-state index contributed by atoms with van der Waals surface area (Å²) in [5.41, 5.74) is 0. The molecule has 1 aromatic heterocycles. The Morgan fingerprint density at radius 1 is 1.39 bits per heavy atom. The number of carbonyl (C=O) groups excluding carboxylic acids is 1. The van der Waals surface area contributed by atoms with Crippen molar-refractivity contribution in [3.63, 3.8) is 0 Å². The zero-order chi connectivity index (χ0) is 16.4. The predicted molar refractivity (Wildman–Crippen MR) is 82.7 cm³/mol. The molecule has 0 spiro atoms. The molecule has 3 rings (SSSR count). The van der Waals surface area contributed by atoms with E-state index in [1.165, 1.54) is 10.4 Å². The minimum absolute atomic E-state index is 0.0409. The number of nitrogens with one attached hydrogen (secondary N) is 1. The van der Waals surface area contributed by atoms with E-state index in [2.05, 4.69) is 5.32 Å². The standard InChI is InChI=1S/C15H22N2O5S/c1-11-14(23(19,20)17-5-2-3-6-17)8-13(22-11)15(18)16-9-12-4-7-21-10-12/h8,12H,2-7,9-10H2,1H3,(H,16,18)/t12-/m1/s1. The zero-order valence-electron chi connectivity index (χ0n) is 13.2. The van der Waals surface area contributed by atoms with Crippen molar-refractivity contribution in [2.24, 2.45) is 5.92 Å². The highest BCUT2D eigenvalue weighted by atomic mass is 32.2. The molecule has 2 fully saturated rings. The van der Waals surface area contributed by atoms with Crippen molar-refractivity contribution >= 4 is 15.9 Å². The number of amides is 1. The highest BCUT2D eigenvalue weighted by Crippen LogP contribution is 2.26. The third kappa shape index (κ3) is 3.44. The minimum Gasteiger partial charge on any atom is -0.455 e. The molecule has 0 aliphatic carbocycles. The van der Waals surface area contributed by atoms with Crippen LogP contribution < -0.4 is 5.32 Å². The van der Waals surface area contributed by atoms with Crippen LogP contribution in [0.2, 0.25) is 0 Å². The first-order chi connectivity index (χ1) is 11.0. The number of aryl methyl sites for hydroxylation is 1. The Labute approximate surface area is 136 Å². The first-order valence-electron chi connectivity index (χ1n) is 7.95. The van der Waals surface area contributed by atoms with Gasteiger partial charge in [-0.1, -0.05) is 0 Å². The molecule has 23 heavy (non-hydrogen) atoms. The van der Waals surface area contributed by atoms with Crippen LogP contribution in [0.3, 0.4) is 0 Å². The molecule has 2 aliphatic rings. The van der Waals surface area contributed by atoms with Crippen LogP contribution in [0.1, 0.15) is 35.6 Å². The quantitative estimate of drug-likeness (QED) is 0.867. The van der Waals surface area contributed by atoms with Crippen LogP contribution in [0.4, 0.5) is 0 Å². The lowest BCUT2D eigenvalue weighted by atomic mass is 10.1. The number of furan rings is 1. The number of nitrogens with zero attached hydrogens (tertiary/aromatic N) is 1. The fraction of sp³-hybridized carbons (Fsp3) is 0.667. The monoisotopic (exact) mass is 342 g/mol. The van der Waals surface area contributed by atoms with E-state index in [4.69, 9.17) is 9.15 Å². The molecule has 7 nitrogen and oxygen atoms in total. The Morgan fingerprint density at radius 2 is 2.13 bits per heavy atom. The molecule has 128 valence electrons. The van der Waals surface area contributed by atoms with E-state index >= 15 is 0 Å². The van der Waals surface area contributed by atoms with Crippen molar-refractivity contribution in [3.05, 3.63) is 17.6 Å². The van der Waals surface area contributed by atoms with Crippen LogP contribution in [-0.2, 0) is 14.8 Å². The van der Waals surface area contributed by atoms with Gasteiger partial charge in [0.25, 0.3) is 5.91 Å². The summed E-state index contributed by atoms with van der Waals surface area (Å²) in [5.74, 6) is 0.219. The Bertz CT molecular complexity index is 670. The van der Waals surface area contributed by atoms with Gasteiger partial charge in [0.1, 0.15) is 10.7 Å². The van der Waals surface area contributed by atoms with E-state index in [1.807, 2.05) is 0 Å². The van der Waals surface area contributed by atoms with E-state index in [0.717, 1.165) is 25.9 Å². The highest BCUT2D eigenvalue weighted by molar-refractivity contribution is 7.89. The first kappa shape index (κ1) is 16.5. The molecule has 1 N–H and O–H groups in total. The summed E-state index contributed by atoms with van der Waals surface area (Å²) >= 11 is 0. The van der Waals surface area contributed by atoms with Crippen molar-refractivity contribution in [2.45, 2.75) is 31.1 Å². The van der Waals surface area contributed by atoms with Gasteiger partial charge in [-0.3, -0.25) is 4.79 Å². The summed E-state index contributed by atoms with van der Waals surface area (Å²) in [7, 11) is -3.57. The van der Waals surface area contributed by atoms with E-state index in [1.54, 1.807) is 6.92 Å². The van der Waals surface area contributed by atoms with Crippen molar-refractivity contribution in [1.82, 2.24) is 9.62 Å². The lowest BCUT2D eigenvalue weighted by Gasteiger charge is -2.14. The highest BCUT2D eigenvalue weighted by Gasteiger charge is 2.31. The van der Waals surface area contributed by atoms with Crippen molar-refractivity contribution < 1.29 is 22.4 Å². The van der Waals surface area contributed by atoms with Crippen molar-refractivity contribution in [3.8, 4) is 0 Å². The molecule has 3 heterocycles. The molecule has 1 atom stereocenters. The summed E-state index contributed by atoms with van der Waals surface area (Å²) in [6.07, 6.45) is 2.66. The molecular weight excluding hydrogens is 320 g/mol. The molecule has 0 aromatic carbocycles. The number of rotatable bonds is 5. The number of sulfonamides is 1. The van der Waals surface area contributed by atoms with Gasteiger partial charge in [0.05, 0.1) is 6.61 Å². The smallest absolute Gasteiger partial charge is 0.287 e. The van der Waals surface area contributed by atoms with E-state index < -0.39 is 10.0 Å². The maximum absolute atomic E-state index is 12.6. The fourth-order valence-corrected chi connectivity index (χ4v) is 4.65. The Balaban J connectivity index is 1.71. The normalized spacial score (nSPS) is 22.6. The van der Waals surface area contributed by atoms with Gasteiger partial charge in [-0.05, 0) is 26.2 Å². The Morgan fingerprint density at radius 3 is 2.78 bits per heavy atom. The number of carbonyl (C=O) groups is 1. The Kier molecular flexibility index (Phi) is 4.74. The van der Waals surface area contributed by atoms with Crippen LogP contribution in [0.25, 0.3) is 0 Å². The SMILES string of the molecule is Cc1oc(C(=O)NC[C@H]2CCOC2)cc1S(=O)(=O)N1CCCC1. The maximum Gasteiger partial charge on any atom is 0.287 e. The summed E-state index contributed by atoms with van der Waals surface area (Å²) in [6.45, 7) is 4.49. The van der Waals surface area contributed by atoms with E-state index in [0.29, 0.717) is 32.2 Å². The Hall–Kier alpha value is -1.38. The van der Waals surface area contributed by atoms with Crippen LogP contribution in [-0.4, -0.2) is 51.5 Å². The van der Waals surface area contributed by atoms with Gasteiger partial charge < -0.3 is 14.5 Å². The van der Waals surface area contributed by atoms with Crippen LogP contribution in [0.15, 0.2) is 15.4 Å². The van der Waals surface area contributed by atoms with Gasteiger partial charge in [0.2, 0.25) is 10.0 Å². The second-order valence-electron chi connectivity index (χ2n) is 6.08. The second kappa shape index (κ2) is 6.62. The number of hydrogen-bond acceptors (Lipinski definition) is 5. The molecule has 0 radical (unpaired) electrons. The van der Waals surface area contributed by atoms with Crippen molar-refractivity contribution in [2.75, 3.05) is 32.8 Å². The van der Waals surface area contributed by atoms with Crippen LogP contribution in [0, 0.1) is 12.8 Å². The number of hydrogen-bond donors (Lipinski definition) is 1. The van der Waals surface area contributed by atoms with Crippen LogP contribution >= 0.6 is 0 Å². The molecule has 0 bridgehead atoms. The van der Waals surface area contributed by atoms with Crippen molar-refractivity contribution in [1.29, 1.82) is 0 Å². The van der Waals surface area contributed by atoms with Gasteiger partial charge in [-0.2, -0.15) is 4.31 Å². The average Bonchev–Trinajstić information content (AvgIpc) is 3.25. The summed E-state index contributed by atoms with van der Waals surface area (Å²) < 4.78 is 37.2. The van der Waals surface area contributed by atoms with E-state index in [-0.39, 0.29) is 22.3 Å². The van der Waals surface area contributed by atoms with Gasteiger partial charge in [0.15, 0.2) is 5.76 Å². The number of ether oxygens (including phenoxy) is 1. The molecule has 8 heteroatoms. The van der Waals surface area contributed by atoms with E-state index in [9.17, 15) is 13.2 Å². The average molecular weight is 342 g/mol.